The zero-order valence-corrected chi connectivity index (χ0v) is 13.9. The predicted octanol–water partition coefficient (Wildman–Crippen LogP) is 4.43. The lowest BCUT2D eigenvalue weighted by Crippen LogP contribution is -2.05. The summed E-state index contributed by atoms with van der Waals surface area (Å²) in [7, 11) is 0. The van der Waals surface area contributed by atoms with Crippen molar-refractivity contribution in [3.63, 3.8) is 0 Å². The average molecular weight is 407 g/mol. The predicted molar refractivity (Wildman–Crippen MR) is 89.2 cm³/mol. The zero-order chi connectivity index (χ0) is 15.0. The van der Waals surface area contributed by atoms with Crippen molar-refractivity contribution in [3.05, 3.63) is 68.6 Å². The summed E-state index contributed by atoms with van der Waals surface area (Å²) < 4.78 is 1.76. The van der Waals surface area contributed by atoms with Crippen molar-refractivity contribution >= 4 is 54.8 Å². The van der Waals surface area contributed by atoms with Gasteiger partial charge in [0.05, 0.1) is 5.57 Å². The summed E-state index contributed by atoms with van der Waals surface area (Å²) in [6, 6.07) is 12.5. The van der Waals surface area contributed by atoms with Gasteiger partial charge in [0.2, 0.25) is 0 Å². The molecule has 0 aromatic heterocycles. The Labute approximate surface area is 138 Å². The van der Waals surface area contributed by atoms with E-state index in [0.29, 0.717) is 11.1 Å². The highest BCUT2D eigenvalue weighted by Gasteiger charge is 2.25. The molecule has 3 nitrogen and oxygen atoms in total. The Kier molecular flexibility index (Phi) is 3.78. The van der Waals surface area contributed by atoms with E-state index < -0.39 is 0 Å². The molecule has 21 heavy (non-hydrogen) atoms. The molecular formula is C16H9Br2NO2. The number of rotatable bonds is 2. The first-order valence-electron chi connectivity index (χ1n) is 6.17. The van der Waals surface area contributed by atoms with E-state index in [0.717, 1.165) is 20.2 Å². The van der Waals surface area contributed by atoms with Crippen molar-refractivity contribution in [1.29, 1.82) is 0 Å². The van der Waals surface area contributed by atoms with Crippen LogP contribution in [0.25, 0.3) is 5.57 Å². The Morgan fingerprint density at radius 1 is 1.00 bits per heavy atom. The molecule has 1 N–H and O–H groups in total. The second-order valence-electron chi connectivity index (χ2n) is 4.57. The fraction of sp³-hybridized carbons (Fsp3) is 0. The van der Waals surface area contributed by atoms with Crippen LogP contribution in [-0.2, 0) is 4.79 Å². The quantitative estimate of drug-likeness (QED) is 0.592. The van der Waals surface area contributed by atoms with Crippen molar-refractivity contribution in [2.45, 2.75) is 0 Å². The molecule has 0 saturated heterocycles. The van der Waals surface area contributed by atoms with Crippen LogP contribution in [0.15, 0.2) is 57.5 Å². The number of anilines is 1. The maximum Gasteiger partial charge on any atom is 0.256 e. The third-order valence-electron chi connectivity index (χ3n) is 3.17. The van der Waals surface area contributed by atoms with E-state index in [1.54, 1.807) is 24.3 Å². The average Bonchev–Trinajstić information content (AvgIpc) is 2.76. The summed E-state index contributed by atoms with van der Waals surface area (Å²) in [6.45, 7) is 0. The molecule has 0 unspecified atom stereocenters. The summed E-state index contributed by atoms with van der Waals surface area (Å²) in [5, 5.41) is 2.75. The molecule has 0 saturated carbocycles. The molecule has 0 bridgehead atoms. The molecule has 0 radical (unpaired) electrons. The number of nitrogens with one attached hydrogen (secondary N) is 1. The molecule has 1 heterocycles. The number of benzene rings is 2. The van der Waals surface area contributed by atoms with Crippen molar-refractivity contribution < 1.29 is 9.59 Å². The number of amides is 1. The van der Waals surface area contributed by atoms with Crippen LogP contribution in [0.4, 0.5) is 5.69 Å². The lowest BCUT2D eigenvalue weighted by atomic mass is 10.0. The van der Waals surface area contributed by atoms with Crippen molar-refractivity contribution in [2.75, 3.05) is 5.32 Å². The third kappa shape index (κ3) is 2.84. The summed E-state index contributed by atoms with van der Waals surface area (Å²) in [4.78, 5) is 24.3. The molecule has 0 aliphatic carbocycles. The maximum atomic E-state index is 12.3. The maximum absolute atomic E-state index is 12.3. The van der Waals surface area contributed by atoms with Gasteiger partial charge in [-0.1, -0.05) is 31.9 Å². The van der Waals surface area contributed by atoms with Crippen LogP contribution in [0, 0.1) is 0 Å². The normalized spacial score (nSPS) is 15.0. The van der Waals surface area contributed by atoms with Crippen LogP contribution < -0.4 is 5.32 Å². The van der Waals surface area contributed by atoms with Crippen molar-refractivity contribution in [2.24, 2.45) is 0 Å². The molecular weight excluding hydrogens is 398 g/mol. The monoisotopic (exact) mass is 405 g/mol. The standard InChI is InChI=1S/C16H9Br2NO2/c17-10-3-1-9(2-4-10)15(20)8-13-12-7-11(18)5-6-14(12)19-16(13)21/h1-8H,(H,19,21)/b13-8-. The Bertz CT molecular complexity index is 779. The van der Waals surface area contributed by atoms with Gasteiger partial charge >= 0.3 is 0 Å². The van der Waals surface area contributed by atoms with E-state index in [9.17, 15) is 9.59 Å². The van der Waals surface area contributed by atoms with Gasteiger partial charge in [0.1, 0.15) is 0 Å². The molecule has 2 aromatic carbocycles. The number of carbonyl (C=O) groups excluding carboxylic acids is 2. The topological polar surface area (TPSA) is 46.2 Å². The minimum atomic E-state index is -0.256. The summed E-state index contributed by atoms with van der Waals surface area (Å²) in [6.07, 6.45) is 1.39. The first-order chi connectivity index (χ1) is 10.0. The number of hydrogen-bond donors (Lipinski definition) is 1. The minimum absolute atomic E-state index is 0.194. The van der Waals surface area contributed by atoms with Crippen molar-refractivity contribution in [3.8, 4) is 0 Å². The number of fused-ring (bicyclic) bond motifs is 1. The van der Waals surface area contributed by atoms with Crippen LogP contribution in [0.2, 0.25) is 0 Å². The summed E-state index contributed by atoms with van der Waals surface area (Å²) >= 11 is 6.70. The second-order valence-corrected chi connectivity index (χ2v) is 6.40. The van der Waals surface area contributed by atoms with Crippen LogP contribution in [-0.4, -0.2) is 11.7 Å². The third-order valence-corrected chi connectivity index (χ3v) is 4.19. The highest BCUT2D eigenvalue weighted by molar-refractivity contribution is 9.10. The van der Waals surface area contributed by atoms with E-state index in [-0.39, 0.29) is 11.7 Å². The molecule has 0 fully saturated rings. The number of hydrogen-bond acceptors (Lipinski definition) is 2. The largest absolute Gasteiger partial charge is 0.321 e. The number of allylic oxidation sites excluding steroid dienone is 1. The molecule has 3 rings (SSSR count). The molecule has 104 valence electrons. The second kappa shape index (κ2) is 5.58. The van der Waals surface area contributed by atoms with Gasteiger partial charge < -0.3 is 5.32 Å². The number of halogens is 2. The molecule has 1 amide bonds. The first-order valence-corrected chi connectivity index (χ1v) is 7.76. The fourth-order valence-electron chi connectivity index (χ4n) is 2.13. The highest BCUT2D eigenvalue weighted by atomic mass is 79.9. The van der Waals surface area contributed by atoms with E-state index in [1.165, 1.54) is 6.08 Å². The van der Waals surface area contributed by atoms with E-state index in [1.807, 2.05) is 18.2 Å². The first kappa shape index (κ1) is 14.2. The molecule has 0 spiro atoms. The Morgan fingerprint density at radius 3 is 2.38 bits per heavy atom. The van der Waals surface area contributed by atoms with Crippen molar-refractivity contribution in [1.82, 2.24) is 0 Å². The van der Waals surface area contributed by atoms with Gasteiger partial charge in [-0.15, -0.1) is 0 Å². The Hall–Kier alpha value is -1.72. The lowest BCUT2D eigenvalue weighted by molar-refractivity contribution is -0.110. The van der Waals surface area contributed by atoms with Gasteiger partial charge in [0.15, 0.2) is 5.78 Å². The lowest BCUT2D eigenvalue weighted by Gasteiger charge is -2.00. The molecule has 2 aromatic rings. The van der Waals surface area contributed by atoms with Crippen LogP contribution in [0.3, 0.4) is 0 Å². The van der Waals surface area contributed by atoms with Crippen LogP contribution >= 0.6 is 31.9 Å². The molecule has 0 atom stereocenters. The molecule has 1 aliphatic heterocycles. The van der Waals surface area contributed by atoms with E-state index in [2.05, 4.69) is 37.2 Å². The fourth-order valence-corrected chi connectivity index (χ4v) is 2.76. The summed E-state index contributed by atoms with van der Waals surface area (Å²) in [5.41, 5.74) is 2.39. The van der Waals surface area contributed by atoms with Gasteiger partial charge in [-0.05, 0) is 48.5 Å². The zero-order valence-electron chi connectivity index (χ0n) is 10.7. The Morgan fingerprint density at radius 2 is 1.67 bits per heavy atom. The highest BCUT2D eigenvalue weighted by Crippen LogP contribution is 2.34. The minimum Gasteiger partial charge on any atom is -0.321 e. The molecule has 5 heteroatoms. The number of ketones is 1. The smallest absolute Gasteiger partial charge is 0.256 e. The summed E-state index contributed by atoms with van der Waals surface area (Å²) in [5.74, 6) is -0.450. The van der Waals surface area contributed by atoms with Gasteiger partial charge in [-0.25, -0.2) is 0 Å². The van der Waals surface area contributed by atoms with Crippen LogP contribution in [0.5, 0.6) is 0 Å². The van der Waals surface area contributed by atoms with Gasteiger partial charge in [0, 0.05) is 25.8 Å². The van der Waals surface area contributed by atoms with Gasteiger partial charge in [-0.3, -0.25) is 9.59 Å². The van der Waals surface area contributed by atoms with Gasteiger partial charge in [-0.2, -0.15) is 0 Å². The van der Waals surface area contributed by atoms with E-state index >= 15 is 0 Å². The van der Waals surface area contributed by atoms with Crippen LogP contribution in [0.1, 0.15) is 15.9 Å². The Balaban J connectivity index is 2.00. The molecule has 1 aliphatic rings. The van der Waals surface area contributed by atoms with E-state index in [4.69, 9.17) is 0 Å². The number of carbonyl (C=O) groups is 2. The van der Waals surface area contributed by atoms with Gasteiger partial charge in [0.25, 0.3) is 5.91 Å². The SMILES string of the molecule is O=C1Nc2ccc(Br)cc2/C1=C/C(=O)c1ccc(Br)cc1.